The van der Waals surface area contributed by atoms with Crippen LogP contribution in [-0.4, -0.2) is 19.4 Å². The third-order valence-corrected chi connectivity index (χ3v) is 3.29. The van der Waals surface area contributed by atoms with Crippen molar-refractivity contribution in [3.8, 4) is 0 Å². The highest BCUT2D eigenvalue weighted by molar-refractivity contribution is 9.10. The van der Waals surface area contributed by atoms with Crippen LogP contribution in [0.3, 0.4) is 0 Å². The molecule has 0 aliphatic heterocycles. The maximum atomic E-state index is 5.79. The van der Waals surface area contributed by atoms with Gasteiger partial charge in [0, 0.05) is 0 Å². The highest BCUT2D eigenvalue weighted by Gasteiger charge is 2.08. The molecule has 0 amide bonds. The van der Waals surface area contributed by atoms with Crippen LogP contribution in [0.25, 0.3) is 0 Å². The molecular formula is C7H8BrN5S. The fourth-order valence-corrected chi connectivity index (χ4v) is 1.94. The summed E-state index contributed by atoms with van der Waals surface area (Å²) in [6.45, 7) is 2.55. The number of rotatable bonds is 2. The lowest BCUT2D eigenvalue weighted by molar-refractivity contribution is 0.701. The van der Waals surface area contributed by atoms with Gasteiger partial charge < -0.3 is 5.73 Å². The Hall–Kier alpha value is -0.950. The number of nitrogen functional groups attached to an aromatic ring is 1. The van der Waals surface area contributed by atoms with Gasteiger partial charge in [0.05, 0.1) is 27.8 Å². The molecule has 14 heavy (non-hydrogen) atoms. The van der Waals surface area contributed by atoms with E-state index >= 15 is 0 Å². The molecule has 2 N–H and O–H groups in total. The highest BCUT2D eigenvalue weighted by atomic mass is 79.9. The fourth-order valence-electron chi connectivity index (χ4n) is 1.03. The number of hydrogen-bond donors (Lipinski definition) is 1. The fraction of sp³-hybridized carbons (Fsp3) is 0.286. The molecule has 0 saturated heterocycles. The summed E-state index contributed by atoms with van der Waals surface area (Å²) in [7, 11) is 0. The van der Waals surface area contributed by atoms with Crippen molar-refractivity contribution in [3.05, 3.63) is 21.2 Å². The van der Waals surface area contributed by atoms with E-state index < -0.39 is 0 Å². The normalized spacial score (nSPS) is 10.7. The zero-order valence-electron chi connectivity index (χ0n) is 7.44. The molecule has 2 aromatic heterocycles. The molecule has 0 unspecified atom stereocenters. The molecule has 2 rings (SSSR count). The standard InChI is InChI=1S/C7H8BrN5S/c1-4-6(14-12-11-4)3-13-7(9)5(8)2-10-13/h2H,3,9H2,1H3. The molecular weight excluding hydrogens is 266 g/mol. The van der Waals surface area contributed by atoms with Crippen molar-refractivity contribution < 1.29 is 0 Å². The van der Waals surface area contributed by atoms with Crippen molar-refractivity contribution in [3.63, 3.8) is 0 Å². The van der Waals surface area contributed by atoms with Crippen molar-refractivity contribution >= 4 is 33.3 Å². The van der Waals surface area contributed by atoms with Crippen LogP contribution in [0.5, 0.6) is 0 Å². The molecule has 0 spiro atoms. The molecule has 0 aliphatic rings. The minimum absolute atomic E-state index is 0.623. The van der Waals surface area contributed by atoms with Crippen LogP contribution >= 0.6 is 27.5 Å². The van der Waals surface area contributed by atoms with Crippen LogP contribution in [0, 0.1) is 6.92 Å². The lowest BCUT2D eigenvalue weighted by Gasteiger charge is -2.01. The monoisotopic (exact) mass is 273 g/mol. The van der Waals surface area contributed by atoms with Crippen LogP contribution in [0.1, 0.15) is 10.6 Å². The van der Waals surface area contributed by atoms with E-state index in [0.29, 0.717) is 12.4 Å². The van der Waals surface area contributed by atoms with E-state index in [1.54, 1.807) is 10.9 Å². The first-order valence-corrected chi connectivity index (χ1v) is 5.49. The van der Waals surface area contributed by atoms with E-state index in [9.17, 15) is 0 Å². The molecule has 0 saturated carbocycles. The Morgan fingerprint density at radius 1 is 1.64 bits per heavy atom. The van der Waals surface area contributed by atoms with Gasteiger partial charge in [-0.15, -0.1) is 5.10 Å². The van der Waals surface area contributed by atoms with Crippen molar-refractivity contribution in [2.75, 3.05) is 5.73 Å². The van der Waals surface area contributed by atoms with Gasteiger partial charge in [0.15, 0.2) is 0 Å². The van der Waals surface area contributed by atoms with Crippen LogP contribution in [0.2, 0.25) is 0 Å². The second kappa shape index (κ2) is 3.66. The average Bonchev–Trinajstić information content (AvgIpc) is 2.68. The van der Waals surface area contributed by atoms with Crippen molar-refractivity contribution in [2.24, 2.45) is 0 Å². The summed E-state index contributed by atoms with van der Waals surface area (Å²) in [5, 5.41) is 8.05. The quantitative estimate of drug-likeness (QED) is 0.899. The van der Waals surface area contributed by atoms with Crippen LogP contribution in [-0.2, 0) is 6.54 Å². The maximum Gasteiger partial charge on any atom is 0.136 e. The number of nitrogens with zero attached hydrogens (tertiary/aromatic N) is 4. The maximum absolute atomic E-state index is 5.79. The number of anilines is 1. The summed E-state index contributed by atoms with van der Waals surface area (Å²) in [6, 6.07) is 0. The first-order chi connectivity index (χ1) is 6.68. The number of halogens is 1. The van der Waals surface area contributed by atoms with Crippen LogP contribution < -0.4 is 5.73 Å². The topological polar surface area (TPSA) is 69.6 Å². The first kappa shape index (κ1) is 9.60. The van der Waals surface area contributed by atoms with Crippen molar-refractivity contribution in [1.82, 2.24) is 19.4 Å². The first-order valence-electron chi connectivity index (χ1n) is 3.93. The summed E-state index contributed by atoms with van der Waals surface area (Å²) in [4.78, 5) is 1.08. The summed E-state index contributed by atoms with van der Waals surface area (Å²) < 4.78 is 6.38. The molecule has 0 atom stereocenters. The molecule has 74 valence electrons. The molecule has 0 fully saturated rings. The summed E-state index contributed by atoms with van der Waals surface area (Å²) in [5.41, 5.74) is 6.72. The molecule has 2 aromatic rings. The van der Waals surface area contributed by atoms with Gasteiger partial charge in [-0.1, -0.05) is 4.49 Å². The lowest BCUT2D eigenvalue weighted by Crippen LogP contribution is -2.05. The van der Waals surface area contributed by atoms with Crippen LogP contribution in [0.15, 0.2) is 10.7 Å². The van der Waals surface area contributed by atoms with Gasteiger partial charge in [-0.3, -0.25) is 0 Å². The third kappa shape index (κ3) is 1.64. The van der Waals surface area contributed by atoms with E-state index in [4.69, 9.17) is 5.73 Å². The van der Waals surface area contributed by atoms with Gasteiger partial charge in [0.2, 0.25) is 0 Å². The molecule has 7 heteroatoms. The highest BCUT2D eigenvalue weighted by Crippen LogP contribution is 2.20. The van der Waals surface area contributed by atoms with Crippen molar-refractivity contribution in [2.45, 2.75) is 13.5 Å². The molecule has 0 aliphatic carbocycles. The van der Waals surface area contributed by atoms with E-state index in [0.717, 1.165) is 15.0 Å². The Balaban J connectivity index is 2.27. The summed E-state index contributed by atoms with van der Waals surface area (Å²) in [6.07, 6.45) is 1.68. The van der Waals surface area contributed by atoms with Gasteiger partial charge in [0.25, 0.3) is 0 Å². The number of nitrogens with two attached hydrogens (primary N) is 1. The van der Waals surface area contributed by atoms with Gasteiger partial charge in [0.1, 0.15) is 5.82 Å². The Labute approximate surface area is 93.2 Å². The zero-order chi connectivity index (χ0) is 10.1. The minimum Gasteiger partial charge on any atom is -0.383 e. The van der Waals surface area contributed by atoms with Gasteiger partial charge in [-0.25, -0.2) is 4.68 Å². The molecule has 0 radical (unpaired) electrons. The van der Waals surface area contributed by atoms with E-state index in [1.165, 1.54) is 11.5 Å². The SMILES string of the molecule is Cc1nnsc1Cn1ncc(Br)c1N. The van der Waals surface area contributed by atoms with Gasteiger partial charge >= 0.3 is 0 Å². The Kier molecular flexibility index (Phi) is 2.51. The van der Waals surface area contributed by atoms with E-state index in [1.807, 2.05) is 6.92 Å². The van der Waals surface area contributed by atoms with E-state index in [-0.39, 0.29) is 0 Å². The predicted octanol–water partition coefficient (Wildman–Crippen LogP) is 1.44. The average molecular weight is 274 g/mol. The Morgan fingerprint density at radius 2 is 2.43 bits per heavy atom. The van der Waals surface area contributed by atoms with Gasteiger partial charge in [-0.2, -0.15) is 5.10 Å². The summed E-state index contributed by atoms with van der Waals surface area (Å²) >= 11 is 4.67. The molecule has 2 heterocycles. The van der Waals surface area contributed by atoms with Gasteiger partial charge in [-0.05, 0) is 34.4 Å². The zero-order valence-corrected chi connectivity index (χ0v) is 9.84. The molecule has 5 nitrogen and oxygen atoms in total. The van der Waals surface area contributed by atoms with Crippen molar-refractivity contribution in [1.29, 1.82) is 0 Å². The summed E-state index contributed by atoms with van der Waals surface area (Å²) in [5.74, 6) is 0.623. The lowest BCUT2D eigenvalue weighted by atomic mass is 10.4. The van der Waals surface area contributed by atoms with E-state index in [2.05, 4.69) is 30.6 Å². The minimum atomic E-state index is 0.623. The Morgan fingerprint density at radius 3 is 2.93 bits per heavy atom. The largest absolute Gasteiger partial charge is 0.383 e. The predicted molar refractivity (Wildman–Crippen MR) is 58.1 cm³/mol. The number of hydrogen-bond acceptors (Lipinski definition) is 5. The molecule has 0 bridgehead atoms. The smallest absolute Gasteiger partial charge is 0.136 e. The second-order valence-electron chi connectivity index (χ2n) is 2.82. The van der Waals surface area contributed by atoms with Crippen LogP contribution in [0.4, 0.5) is 5.82 Å². The molecule has 0 aromatic carbocycles. The second-order valence-corrected chi connectivity index (χ2v) is 4.51. The number of aromatic nitrogens is 4. The Bertz CT molecular complexity index is 449. The third-order valence-electron chi connectivity index (χ3n) is 1.87. The number of aryl methyl sites for hydroxylation is 1.